The van der Waals surface area contributed by atoms with Crippen molar-refractivity contribution in [3.8, 4) is 11.5 Å². The lowest BCUT2D eigenvalue weighted by Gasteiger charge is -2.18. The van der Waals surface area contributed by atoms with E-state index in [2.05, 4.69) is 10.6 Å². The number of nitrogens with one attached hydrogen (secondary N) is 2. The molecule has 118 valence electrons. The third-order valence-electron chi connectivity index (χ3n) is 3.49. The summed E-state index contributed by atoms with van der Waals surface area (Å²) in [6.07, 6.45) is 0. The molecule has 1 aliphatic heterocycles. The Kier molecular flexibility index (Phi) is 4.14. The number of carbonyl (C=O) groups is 2. The van der Waals surface area contributed by atoms with Gasteiger partial charge in [-0.25, -0.2) is 0 Å². The summed E-state index contributed by atoms with van der Waals surface area (Å²) in [5.41, 5.74) is 2.03. The zero-order valence-electron chi connectivity index (χ0n) is 12.6. The molecule has 0 atom stereocenters. The van der Waals surface area contributed by atoms with Gasteiger partial charge in [0.05, 0.1) is 12.8 Å². The second kappa shape index (κ2) is 6.39. The summed E-state index contributed by atoms with van der Waals surface area (Å²) in [7, 11) is 1.61. The van der Waals surface area contributed by atoms with E-state index < -0.39 is 0 Å². The largest absolute Gasteiger partial charge is 0.497 e. The van der Waals surface area contributed by atoms with Crippen LogP contribution in [0.25, 0.3) is 0 Å². The van der Waals surface area contributed by atoms with E-state index in [9.17, 15) is 9.59 Å². The van der Waals surface area contributed by atoms with Gasteiger partial charge in [0.1, 0.15) is 11.5 Å². The van der Waals surface area contributed by atoms with Gasteiger partial charge in [0, 0.05) is 12.1 Å². The van der Waals surface area contributed by atoms with E-state index in [1.807, 2.05) is 24.3 Å². The number of ether oxygens (including phenoxy) is 2. The van der Waals surface area contributed by atoms with E-state index in [0.717, 1.165) is 11.3 Å². The summed E-state index contributed by atoms with van der Waals surface area (Å²) < 4.78 is 10.4. The first-order chi connectivity index (χ1) is 11.2. The Morgan fingerprint density at radius 3 is 2.78 bits per heavy atom. The maximum absolute atomic E-state index is 12.2. The fourth-order valence-corrected chi connectivity index (χ4v) is 2.24. The van der Waals surface area contributed by atoms with Gasteiger partial charge in [-0.3, -0.25) is 9.59 Å². The minimum absolute atomic E-state index is 0.0378. The highest BCUT2D eigenvalue weighted by atomic mass is 16.5. The van der Waals surface area contributed by atoms with Crippen LogP contribution in [-0.4, -0.2) is 25.5 Å². The zero-order valence-corrected chi connectivity index (χ0v) is 12.6. The summed E-state index contributed by atoms with van der Waals surface area (Å²) in [5.74, 6) is 0.869. The molecule has 0 spiro atoms. The van der Waals surface area contributed by atoms with Crippen molar-refractivity contribution in [2.45, 2.75) is 6.54 Å². The third kappa shape index (κ3) is 3.42. The molecule has 0 aliphatic carbocycles. The van der Waals surface area contributed by atoms with Crippen molar-refractivity contribution in [3.05, 3.63) is 53.6 Å². The Labute approximate surface area is 133 Å². The molecule has 2 amide bonds. The van der Waals surface area contributed by atoms with Crippen molar-refractivity contribution in [1.82, 2.24) is 5.32 Å². The molecule has 2 aromatic rings. The molecule has 2 N–H and O–H groups in total. The van der Waals surface area contributed by atoms with Gasteiger partial charge >= 0.3 is 0 Å². The van der Waals surface area contributed by atoms with Crippen molar-refractivity contribution in [2.24, 2.45) is 0 Å². The van der Waals surface area contributed by atoms with E-state index in [1.54, 1.807) is 25.3 Å². The predicted octanol–water partition coefficient (Wildman–Crippen LogP) is 1.96. The number of amides is 2. The molecule has 0 bridgehead atoms. The number of hydrogen-bond donors (Lipinski definition) is 2. The quantitative estimate of drug-likeness (QED) is 0.905. The standard InChI is InChI=1S/C17H16N2O4/c1-22-13-5-2-11(3-6-13)9-18-17(21)12-4-7-14-15(8-12)23-10-16(20)19-14/h2-8H,9-10H2,1H3,(H,18,21)(H,19,20). The summed E-state index contributed by atoms with van der Waals surface area (Å²) in [5, 5.41) is 5.53. The maximum Gasteiger partial charge on any atom is 0.262 e. The van der Waals surface area contributed by atoms with E-state index >= 15 is 0 Å². The number of hydrogen-bond acceptors (Lipinski definition) is 4. The highest BCUT2D eigenvalue weighted by Crippen LogP contribution is 2.28. The Balaban J connectivity index is 1.65. The molecular weight excluding hydrogens is 296 g/mol. The third-order valence-corrected chi connectivity index (χ3v) is 3.49. The molecule has 23 heavy (non-hydrogen) atoms. The van der Waals surface area contributed by atoms with Crippen LogP contribution in [0.15, 0.2) is 42.5 Å². The van der Waals surface area contributed by atoms with Gasteiger partial charge in [-0.1, -0.05) is 12.1 Å². The Morgan fingerprint density at radius 2 is 2.04 bits per heavy atom. The summed E-state index contributed by atoms with van der Waals surface area (Å²) in [6, 6.07) is 12.4. The highest BCUT2D eigenvalue weighted by Gasteiger charge is 2.17. The molecule has 2 aromatic carbocycles. The average Bonchev–Trinajstić information content (AvgIpc) is 2.59. The molecule has 3 rings (SSSR count). The van der Waals surface area contributed by atoms with E-state index in [4.69, 9.17) is 9.47 Å². The first kappa shape index (κ1) is 14.9. The van der Waals surface area contributed by atoms with Gasteiger partial charge in [0.2, 0.25) is 0 Å². The average molecular weight is 312 g/mol. The van der Waals surface area contributed by atoms with Gasteiger partial charge in [-0.05, 0) is 35.9 Å². The fraction of sp³-hybridized carbons (Fsp3) is 0.176. The summed E-state index contributed by atoms with van der Waals surface area (Å²) in [4.78, 5) is 23.4. The molecule has 0 saturated heterocycles. The number of benzene rings is 2. The van der Waals surface area contributed by atoms with Crippen LogP contribution in [0.4, 0.5) is 5.69 Å². The lowest BCUT2D eigenvalue weighted by Crippen LogP contribution is -2.26. The molecule has 1 aliphatic rings. The Bertz CT molecular complexity index is 741. The van der Waals surface area contributed by atoms with Crippen LogP contribution >= 0.6 is 0 Å². The van der Waals surface area contributed by atoms with Crippen molar-refractivity contribution >= 4 is 17.5 Å². The first-order valence-corrected chi connectivity index (χ1v) is 7.13. The topological polar surface area (TPSA) is 76.7 Å². The Morgan fingerprint density at radius 1 is 1.26 bits per heavy atom. The fourth-order valence-electron chi connectivity index (χ4n) is 2.24. The van der Waals surface area contributed by atoms with Crippen molar-refractivity contribution in [2.75, 3.05) is 19.0 Å². The molecule has 6 nitrogen and oxygen atoms in total. The van der Waals surface area contributed by atoms with Crippen molar-refractivity contribution in [3.63, 3.8) is 0 Å². The van der Waals surface area contributed by atoms with Crippen molar-refractivity contribution < 1.29 is 19.1 Å². The molecule has 0 unspecified atom stereocenters. The van der Waals surface area contributed by atoms with Crippen LogP contribution < -0.4 is 20.1 Å². The number of carbonyl (C=O) groups excluding carboxylic acids is 2. The van der Waals surface area contributed by atoms with E-state index in [-0.39, 0.29) is 18.4 Å². The van der Waals surface area contributed by atoms with Crippen molar-refractivity contribution in [1.29, 1.82) is 0 Å². The van der Waals surface area contributed by atoms with Gasteiger partial charge < -0.3 is 20.1 Å². The molecule has 0 aromatic heterocycles. The molecule has 0 saturated carbocycles. The number of fused-ring (bicyclic) bond motifs is 1. The number of methoxy groups -OCH3 is 1. The SMILES string of the molecule is COc1ccc(CNC(=O)c2ccc3c(c2)OCC(=O)N3)cc1. The predicted molar refractivity (Wildman–Crippen MR) is 84.7 cm³/mol. The normalized spacial score (nSPS) is 12.7. The second-order valence-electron chi connectivity index (χ2n) is 5.08. The molecule has 6 heteroatoms. The van der Waals surface area contributed by atoms with Crippen LogP contribution in [0.3, 0.4) is 0 Å². The minimum Gasteiger partial charge on any atom is -0.497 e. The van der Waals surface area contributed by atoms with Gasteiger partial charge in [-0.2, -0.15) is 0 Å². The summed E-state index contributed by atoms with van der Waals surface area (Å²) in [6.45, 7) is 0.376. The Hall–Kier alpha value is -3.02. The molecule has 0 radical (unpaired) electrons. The van der Waals surface area contributed by atoms with Crippen LogP contribution in [0, 0.1) is 0 Å². The van der Waals surface area contributed by atoms with Gasteiger partial charge in [0.15, 0.2) is 6.61 Å². The van der Waals surface area contributed by atoms with Crippen LogP contribution in [0.1, 0.15) is 15.9 Å². The summed E-state index contributed by atoms with van der Waals surface area (Å²) >= 11 is 0. The molecule has 1 heterocycles. The zero-order chi connectivity index (χ0) is 16.2. The second-order valence-corrected chi connectivity index (χ2v) is 5.08. The smallest absolute Gasteiger partial charge is 0.262 e. The lowest BCUT2D eigenvalue weighted by molar-refractivity contribution is -0.118. The van der Waals surface area contributed by atoms with Crippen LogP contribution in [0.2, 0.25) is 0 Å². The monoisotopic (exact) mass is 312 g/mol. The lowest BCUT2D eigenvalue weighted by atomic mass is 10.1. The van der Waals surface area contributed by atoms with Gasteiger partial charge in [-0.15, -0.1) is 0 Å². The highest BCUT2D eigenvalue weighted by molar-refractivity contribution is 5.98. The number of rotatable bonds is 4. The molecular formula is C17H16N2O4. The maximum atomic E-state index is 12.2. The first-order valence-electron chi connectivity index (χ1n) is 7.13. The molecule has 0 fully saturated rings. The van der Waals surface area contributed by atoms with E-state index in [1.165, 1.54) is 0 Å². The minimum atomic E-state index is -0.205. The van der Waals surface area contributed by atoms with Crippen LogP contribution in [-0.2, 0) is 11.3 Å². The number of anilines is 1. The van der Waals surface area contributed by atoms with Gasteiger partial charge in [0.25, 0.3) is 11.8 Å². The van der Waals surface area contributed by atoms with Crippen LogP contribution in [0.5, 0.6) is 11.5 Å². The van der Waals surface area contributed by atoms with E-state index in [0.29, 0.717) is 23.5 Å².